The second kappa shape index (κ2) is 8.75. The normalized spacial score (nSPS) is 16.3. The van der Waals surface area contributed by atoms with Gasteiger partial charge >= 0.3 is 0 Å². The summed E-state index contributed by atoms with van der Waals surface area (Å²) in [6.45, 7) is 7.15. The molecule has 1 aliphatic heterocycles. The number of likely N-dealkylation sites (tertiary alicyclic amines) is 1. The predicted octanol–water partition coefficient (Wildman–Crippen LogP) is 6.22. The standard InChI is InChI=1S/C27H31N/c1-21(2)26(18-22-12-6-3-7-13-22)25-19-28(20-25)27(23-14-8-4-9-15-23)24-16-10-5-11-17-24/h3-17,21,25-27H,18-20H2,1-2H3. The van der Waals surface area contributed by atoms with E-state index in [2.05, 4.69) is 110 Å². The predicted molar refractivity (Wildman–Crippen MR) is 118 cm³/mol. The minimum atomic E-state index is 0.364. The van der Waals surface area contributed by atoms with Gasteiger partial charge in [-0.1, -0.05) is 105 Å². The highest BCUT2D eigenvalue weighted by atomic mass is 15.2. The molecular weight excluding hydrogens is 338 g/mol. The highest BCUT2D eigenvalue weighted by Gasteiger charge is 2.39. The van der Waals surface area contributed by atoms with Gasteiger partial charge in [-0.05, 0) is 40.9 Å². The Kier molecular flexibility index (Phi) is 5.92. The second-order valence-electron chi connectivity index (χ2n) is 8.54. The molecule has 0 spiro atoms. The largest absolute Gasteiger partial charge is 0.292 e. The molecule has 1 fully saturated rings. The van der Waals surface area contributed by atoms with Gasteiger partial charge in [0.2, 0.25) is 0 Å². The maximum absolute atomic E-state index is 2.66. The lowest BCUT2D eigenvalue weighted by molar-refractivity contribution is 0.0169. The molecular formula is C27H31N. The third kappa shape index (κ3) is 4.20. The van der Waals surface area contributed by atoms with Crippen molar-refractivity contribution in [2.45, 2.75) is 26.3 Å². The topological polar surface area (TPSA) is 3.24 Å². The van der Waals surface area contributed by atoms with Crippen LogP contribution in [0.15, 0.2) is 91.0 Å². The van der Waals surface area contributed by atoms with E-state index < -0.39 is 0 Å². The van der Waals surface area contributed by atoms with E-state index in [1.165, 1.54) is 36.2 Å². The van der Waals surface area contributed by atoms with Crippen LogP contribution in [0.5, 0.6) is 0 Å². The Morgan fingerprint density at radius 3 is 1.64 bits per heavy atom. The van der Waals surface area contributed by atoms with Crippen LogP contribution in [0.3, 0.4) is 0 Å². The fraction of sp³-hybridized carbons (Fsp3) is 0.333. The Labute approximate surface area is 170 Å². The van der Waals surface area contributed by atoms with Crippen LogP contribution in [0.2, 0.25) is 0 Å². The molecule has 1 saturated heterocycles. The molecule has 3 aromatic rings. The van der Waals surface area contributed by atoms with Gasteiger partial charge in [0.1, 0.15) is 0 Å². The first kappa shape index (κ1) is 19.0. The van der Waals surface area contributed by atoms with Crippen molar-refractivity contribution in [3.05, 3.63) is 108 Å². The molecule has 1 atom stereocenters. The molecule has 0 amide bonds. The molecule has 1 unspecified atom stereocenters. The van der Waals surface area contributed by atoms with Crippen molar-refractivity contribution in [3.8, 4) is 0 Å². The third-order valence-electron chi connectivity index (χ3n) is 6.31. The SMILES string of the molecule is CC(C)C(Cc1ccccc1)C1CN(C(c2ccccc2)c2ccccc2)C1. The second-order valence-corrected chi connectivity index (χ2v) is 8.54. The van der Waals surface area contributed by atoms with Crippen LogP contribution in [-0.2, 0) is 6.42 Å². The van der Waals surface area contributed by atoms with E-state index in [-0.39, 0.29) is 0 Å². The lowest BCUT2D eigenvalue weighted by Crippen LogP contribution is -2.52. The number of rotatable bonds is 7. The monoisotopic (exact) mass is 369 g/mol. The zero-order chi connectivity index (χ0) is 19.3. The van der Waals surface area contributed by atoms with Crippen molar-refractivity contribution in [1.82, 2.24) is 4.90 Å². The zero-order valence-electron chi connectivity index (χ0n) is 17.0. The van der Waals surface area contributed by atoms with Crippen molar-refractivity contribution in [2.24, 2.45) is 17.8 Å². The summed E-state index contributed by atoms with van der Waals surface area (Å²) in [6, 6.07) is 33.3. The van der Waals surface area contributed by atoms with Gasteiger partial charge in [0.05, 0.1) is 6.04 Å². The Balaban J connectivity index is 1.50. The van der Waals surface area contributed by atoms with Crippen LogP contribution in [0.4, 0.5) is 0 Å². The first-order valence-corrected chi connectivity index (χ1v) is 10.6. The van der Waals surface area contributed by atoms with E-state index in [1.807, 2.05) is 0 Å². The van der Waals surface area contributed by atoms with Crippen molar-refractivity contribution < 1.29 is 0 Å². The first-order chi connectivity index (χ1) is 13.7. The van der Waals surface area contributed by atoms with E-state index >= 15 is 0 Å². The Hall–Kier alpha value is -2.38. The summed E-state index contributed by atoms with van der Waals surface area (Å²) in [4.78, 5) is 2.66. The Morgan fingerprint density at radius 2 is 1.18 bits per heavy atom. The molecule has 0 aliphatic carbocycles. The van der Waals surface area contributed by atoms with Gasteiger partial charge in [0.25, 0.3) is 0 Å². The van der Waals surface area contributed by atoms with Crippen molar-refractivity contribution in [3.63, 3.8) is 0 Å². The van der Waals surface area contributed by atoms with Gasteiger partial charge in [0, 0.05) is 13.1 Å². The van der Waals surface area contributed by atoms with Crippen LogP contribution in [0.1, 0.15) is 36.6 Å². The highest BCUT2D eigenvalue weighted by Crippen LogP contribution is 2.39. The number of benzene rings is 3. The van der Waals surface area contributed by atoms with E-state index in [0.29, 0.717) is 12.0 Å². The highest BCUT2D eigenvalue weighted by molar-refractivity contribution is 5.32. The molecule has 28 heavy (non-hydrogen) atoms. The van der Waals surface area contributed by atoms with E-state index in [4.69, 9.17) is 0 Å². The lowest BCUT2D eigenvalue weighted by Gasteiger charge is -2.49. The summed E-state index contributed by atoms with van der Waals surface area (Å²) >= 11 is 0. The Bertz CT molecular complexity index is 796. The maximum Gasteiger partial charge on any atom is 0.0602 e. The molecule has 144 valence electrons. The fourth-order valence-corrected chi connectivity index (χ4v) is 4.75. The third-order valence-corrected chi connectivity index (χ3v) is 6.31. The van der Waals surface area contributed by atoms with E-state index in [9.17, 15) is 0 Å². The summed E-state index contributed by atoms with van der Waals surface area (Å²) in [6.07, 6.45) is 1.19. The first-order valence-electron chi connectivity index (χ1n) is 10.6. The average Bonchev–Trinajstić information content (AvgIpc) is 2.71. The molecule has 1 nitrogen and oxygen atoms in total. The lowest BCUT2D eigenvalue weighted by atomic mass is 9.74. The molecule has 0 N–H and O–H groups in total. The molecule has 0 bridgehead atoms. The summed E-state index contributed by atoms with van der Waals surface area (Å²) in [7, 11) is 0. The van der Waals surface area contributed by atoms with Crippen molar-refractivity contribution >= 4 is 0 Å². The number of hydrogen-bond donors (Lipinski definition) is 0. The molecule has 0 radical (unpaired) electrons. The number of hydrogen-bond acceptors (Lipinski definition) is 1. The fourth-order valence-electron chi connectivity index (χ4n) is 4.75. The molecule has 3 aromatic carbocycles. The van der Waals surface area contributed by atoms with Crippen LogP contribution in [-0.4, -0.2) is 18.0 Å². The van der Waals surface area contributed by atoms with E-state index in [0.717, 1.165) is 11.8 Å². The van der Waals surface area contributed by atoms with Gasteiger partial charge in [-0.25, -0.2) is 0 Å². The van der Waals surface area contributed by atoms with Crippen molar-refractivity contribution in [1.29, 1.82) is 0 Å². The van der Waals surface area contributed by atoms with Gasteiger partial charge in [0.15, 0.2) is 0 Å². The van der Waals surface area contributed by atoms with Crippen LogP contribution in [0.25, 0.3) is 0 Å². The molecule has 1 heterocycles. The summed E-state index contributed by atoms with van der Waals surface area (Å²) in [5.41, 5.74) is 4.27. The quantitative estimate of drug-likeness (QED) is 0.478. The van der Waals surface area contributed by atoms with Crippen LogP contribution < -0.4 is 0 Å². The molecule has 4 rings (SSSR count). The van der Waals surface area contributed by atoms with Gasteiger partial charge in [-0.15, -0.1) is 0 Å². The average molecular weight is 370 g/mol. The molecule has 0 saturated carbocycles. The molecule has 1 heteroatoms. The van der Waals surface area contributed by atoms with Crippen LogP contribution in [0, 0.1) is 17.8 Å². The van der Waals surface area contributed by atoms with Crippen LogP contribution >= 0.6 is 0 Å². The molecule has 1 aliphatic rings. The van der Waals surface area contributed by atoms with E-state index in [1.54, 1.807) is 0 Å². The van der Waals surface area contributed by atoms with Crippen molar-refractivity contribution in [2.75, 3.05) is 13.1 Å². The maximum atomic E-state index is 2.66. The summed E-state index contributed by atoms with van der Waals surface area (Å²) < 4.78 is 0. The molecule has 0 aromatic heterocycles. The minimum absolute atomic E-state index is 0.364. The summed E-state index contributed by atoms with van der Waals surface area (Å²) in [5, 5.41) is 0. The zero-order valence-corrected chi connectivity index (χ0v) is 17.0. The van der Waals surface area contributed by atoms with Gasteiger partial charge in [-0.2, -0.15) is 0 Å². The smallest absolute Gasteiger partial charge is 0.0602 e. The number of nitrogens with zero attached hydrogens (tertiary/aromatic N) is 1. The van der Waals surface area contributed by atoms with Gasteiger partial charge in [-0.3, -0.25) is 4.90 Å². The van der Waals surface area contributed by atoms with Gasteiger partial charge < -0.3 is 0 Å². The summed E-state index contributed by atoms with van der Waals surface area (Å²) in [5.74, 6) is 2.22. The minimum Gasteiger partial charge on any atom is -0.292 e. The Morgan fingerprint density at radius 1 is 0.714 bits per heavy atom.